The molecule has 0 amide bonds. The van der Waals surface area contributed by atoms with Gasteiger partial charge in [0, 0.05) is 29.3 Å². The molecule has 1 saturated heterocycles. The highest BCUT2D eigenvalue weighted by atomic mass is 35.5. The van der Waals surface area contributed by atoms with Crippen LogP contribution in [0.15, 0.2) is 41.1 Å². The first-order valence-electron chi connectivity index (χ1n) is 7.81. The smallest absolute Gasteiger partial charge is 0.313 e. The maximum Gasteiger partial charge on any atom is 0.313 e. The number of rotatable bonds is 3. The fourth-order valence-electron chi connectivity index (χ4n) is 2.64. The van der Waals surface area contributed by atoms with Gasteiger partial charge in [0.15, 0.2) is 6.23 Å². The number of ether oxygens (including phenoxy) is 1. The van der Waals surface area contributed by atoms with Gasteiger partial charge >= 0.3 is 5.95 Å². The molecule has 1 aliphatic rings. The zero-order valence-corrected chi connectivity index (χ0v) is 14.7. The zero-order valence-electron chi connectivity index (χ0n) is 14.0. The predicted molar refractivity (Wildman–Crippen MR) is 91.9 cm³/mol. The van der Waals surface area contributed by atoms with Crippen molar-refractivity contribution in [1.82, 2.24) is 5.16 Å². The second-order valence-corrected chi connectivity index (χ2v) is 7.33. The Morgan fingerprint density at radius 2 is 2.12 bits per heavy atom. The number of nitrogens with zero attached hydrogens (tertiary/aromatic N) is 2. The summed E-state index contributed by atoms with van der Waals surface area (Å²) in [5, 5.41) is 4.14. The minimum Gasteiger partial charge on any atom is -0.439 e. The highest BCUT2D eigenvalue weighted by molar-refractivity contribution is 6.30. The third-order valence-corrected chi connectivity index (χ3v) is 4.31. The number of hydrogen-bond donors (Lipinski definition) is 0. The second-order valence-electron chi connectivity index (χ2n) is 6.93. The van der Waals surface area contributed by atoms with Crippen molar-refractivity contribution in [3.05, 3.63) is 53.1 Å². The molecular weight excluding hydrogens is 331 g/mol. The van der Waals surface area contributed by atoms with Gasteiger partial charge in [-0.2, -0.15) is 0 Å². The van der Waals surface area contributed by atoms with Crippen LogP contribution in [-0.2, 0) is 5.41 Å². The van der Waals surface area contributed by atoms with Gasteiger partial charge in [0.25, 0.3) is 0 Å². The van der Waals surface area contributed by atoms with E-state index in [0.717, 1.165) is 24.2 Å². The SMILES string of the molecule is C=C1CCC(Oc2cc(C(C)(C)C)no2)N1c1ccc(Cl)c(F)c1. The fraction of sp³-hybridized carbons (Fsp3) is 0.389. The lowest BCUT2D eigenvalue weighted by molar-refractivity contribution is 0.148. The molecule has 1 aromatic carbocycles. The normalized spacial score (nSPS) is 18.3. The predicted octanol–water partition coefficient (Wildman–Crippen LogP) is 5.28. The van der Waals surface area contributed by atoms with Gasteiger partial charge in [0.05, 0.1) is 10.7 Å². The molecule has 6 heteroatoms. The van der Waals surface area contributed by atoms with Crippen molar-refractivity contribution >= 4 is 17.3 Å². The molecule has 0 aliphatic carbocycles. The number of aromatic nitrogens is 1. The summed E-state index contributed by atoms with van der Waals surface area (Å²) in [7, 11) is 0. The van der Waals surface area contributed by atoms with Gasteiger partial charge in [-0.1, -0.05) is 44.1 Å². The summed E-state index contributed by atoms with van der Waals surface area (Å²) in [6.45, 7) is 10.2. The van der Waals surface area contributed by atoms with Crippen LogP contribution in [-0.4, -0.2) is 11.4 Å². The summed E-state index contributed by atoms with van der Waals surface area (Å²) in [5.74, 6) is -0.124. The largest absolute Gasteiger partial charge is 0.439 e. The molecule has 0 spiro atoms. The van der Waals surface area contributed by atoms with E-state index in [1.54, 1.807) is 12.1 Å². The van der Waals surface area contributed by atoms with Crippen LogP contribution in [0.5, 0.6) is 5.95 Å². The Morgan fingerprint density at radius 3 is 2.75 bits per heavy atom. The van der Waals surface area contributed by atoms with Gasteiger partial charge in [-0.15, -0.1) is 0 Å². The average Bonchev–Trinajstić information content (AvgIpc) is 3.10. The highest BCUT2D eigenvalue weighted by Gasteiger charge is 2.31. The number of benzene rings is 1. The van der Waals surface area contributed by atoms with Crippen LogP contribution in [0.25, 0.3) is 0 Å². The van der Waals surface area contributed by atoms with Crippen molar-refractivity contribution in [2.75, 3.05) is 4.90 Å². The van der Waals surface area contributed by atoms with E-state index in [1.807, 2.05) is 4.90 Å². The summed E-state index contributed by atoms with van der Waals surface area (Å²) < 4.78 is 25.0. The van der Waals surface area contributed by atoms with Crippen molar-refractivity contribution in [1.29, 1.82) is 0 Å². The molecule has 1 unspecified atom stereocenters. The lowest BCUT2D eigenvalue weighted by Crippen LogP contribution is -2.32. The lowest BCUT2D eigenvalue weighted by Gasteiger charge is -2.27. The minimum absolute atomic E-state index is 0.0890. The number of hydrogen-bond acceptors (Lipinski definition) is 4. The van der Waals surface area contributed by atoms with E-state index < -0.39 is 5.82 Å². The molecule has 0 bridgehead atoms. The van der Waals surface area contributed by atoms with Crippen molar-refractivity contribution in [2.24, 2.45) is 0 Å². The minimum atomic E-state index is -0.470. The number of allylic oxidation sites excluding steroid dienone is 1. The van der Waals surface area contributed by atoms with Crippen LogP contribution in [0, 0.1) is 5.82 Å². The number of anilines is 1. The molecule has 3 rings (SSSR count). The summed E-state index contributed by atoms with van der Waals surface area (Å²) in [6, 6.07) is 6.46. The summed E-state index contributed by atoms with van der Waals surface area (Å²) >= 11 is 5.76. The van der Waals surface area contributed by atoms with Gasteiger partial charge in [0.2, 0.25) is 0 Å². The van der Waals surface area contributed by atoms with Crippen LogP contribution in [0.2, 0.25) is 5.02 Å². The van der Waals surface area contributed by atoms with E-state index in [-0.39, 0.29) is 16.7 Å². The van der Waals surface area contributed by atoms with Crippen LogP contribution < -0.4 is 9.64 Å². The standard InChI is InChI=1S/C18H20ClFN2O2/c1-11-5-8-16(22(11)12-6-7-13(19)14(20)9-12)23-17-10-15(21-24-17)18(2,3)4/h6-7,9-10,16H,1,5,8H2,2-4H3. The van der Waals surface area contributed by atoms with E-state index >= 15 is 0 Å². The maximum absolute atomic E-state index is 13.8. The molecule has 0 saturated carbocycles. The molecule has 2 heterocycles. The molecule has 1 atom stereocenters. The van der Waals surface area contributed by atoms with Crippen LogP contribution in [0.1, 0.15) is 39.3 Å². The molecule has 2 aromatic rings. The summed E-state index contributed by atoms with van der Waals surface area (Å²) in [6.07, 6.45) is 1.17. The quantitative estimate of drug-likeness (QED) is 0.754. The first-order chi connectivity index (χ1) is 11.3. The summed E-state index contributed by atoms with van der Waals surface area (Å²) in [4.78, 5) is 1.86. The molecule has 1 aliphatic heterocycles. The Balaban J connectivity index is 1.83. The van der Waals surface area contributed by atoms with Crippen molar-refractivity contribution < 1.29 is 13.7 Å². The Labute approximate surface area is 145 Å². The van der Waals surface area contributed by atoms with Gasteiger partial charge < -0.3 is 14.2 Å². The first-order valence-corrected chi connectivity index (χ1v) is 8.19. The Hall–Kier alpha value is -2.01. The van der Waals surface area contributed by atoms with E-state index in [9.17, 15) is 4.39 Å². The van der Waals surface area contributed by atoms with E-state index in [0.29, 0.717) is 11.6 Å². The molecule has 1 aromatic heterocycles. The van der Waals surface area contributed by atoms with Crippen molar-refractivity contribution in [3.63, 3.8) is 0 Å². The monoisotopic (exact) mass is 350 g/mol. The van der Waals surface area contributed by atoms with Crippen molar-refractivity contribution in [3.8, 4) is 5.95 Å². The van der Waals surface area contributed by atoms with Gasteiger partial charge in [-0.25, -0.2) is 4.39 Å². The zero-order chi connectivity index (χ0) is 17.5. The first kappa shape index (κ1) is 16.8. The van der Waals surface area contributed by atoms with Gasteiger partial charge in [0.1, 0.15) is 5.82 Å². The number of halogens is 2. The molecule has 4 nitrogen and oxygen atoms in total. The second kappa shape index (κ2) is 6.13. The van der Waals surface area contributed by atoms with Crippen LogP contribution >= 0.6 is 11.6 Å². The van der Waals surface area contributed by atoms with E-state index in [4.69, 9.17) is 20.9 Å². The molecular formula is C18H20ClFN2O2. The molecule has 128 valence electrons. The highest BCUT2D eigenvalue weighted by Crippen LogP contribution is 2.35. The lowest BCUT2D eigenvalue weighted by atomic mass is 9.93. The summed E-state index contributed by atoms with van der Waals surface area (Å²) in [5.41, 5.74) is 2.21. The van der Waals surface area contributed by atoms with Gasteiger partial charge in [-0.05, 0) is 24.6 Å². The van der Waals surface area contributed by atoms with E-state index in [1.165, 1.54) is 12.1 Å². The fourth-order valence-corrected chi connectivity index (χ4v) is 2.76. The Bertz CT molecular complexity index is 767. The van der Waals surface area contributed by atoms with Gasteiger partial charge in [-0.3, -0.25) is 0 Å². The van der Waals surface area contributed by atoms with Crippen LogP contribution in [0.3, 0.4) is 0 Å². The molecule has 0 N–H and O–H groups in total. The Morgan fingerprint density at radius 1 is 1.38 bits per heavy atom. The Kier molecular flexibility index (Phi) is 4.30. The third-order valence-electron chi connectivity index (χ3n) is 4.00. The van der Waals surface area contributed by atoms with E-state index in [2.05, 4.69) is 32.5 Å². The third kappa shape index (κ3) is 3.26. The molecule has 24 heavy (non-hydrogen) atoms. The maximum atomic E-state index is 13.8. The molecule has 1 fully saturated rings. The topological polar surface area (TPSA) is 38.5 Å². The van der Waals surface area contributed by atoms with Crippen molar-refractivity contribution in [2.45, 2.75) is 45.3 Å². The molecule has 0 radical (unpaired) electrons. The van der Waals surface area contributed by atoms with Crippen LogP contribution in [0.4, 0.5) is 10.1 Å². The average molecular weight is 351 g/mol.